The lowest BCUT2D eigenvalue weighted by Crippen LogP contribution is -2.35. The normalized spacial score (nSPS) is 17.0. The Kier molecular flexibility index (Phi) is 9.26. The first kappa shape index (κ1) is 31.0. The van der Waals surface area contributed by atoms with Crippen LogP contribution in [0.15, 0.2) is 84.9 Å². The Labute approximate surface area is 274 Å². The summed E-state index contributed by atoms with van der Waals surface area (Å²) < 4.78 is 28.3. The molecule has 2 aromatic heterocycles. The molecule has 2 fully saturated rings. The summed E-state index contributed by atoms with van der Waals surface area (Å²) in [5, 5.41) is 3.05. The number of imidazole rings is 1. The van der Waals surface area contributed by atoms with Crippen LogP contribution in [0, 0.1) is 12.7 Å². The molecule has 7 rings (SSSR count). The summed E-state index contributed by atoms with van der Waals surface area (Å²) in [5.74, 6) is 1.56. The van der Waals surface area contributed by atoms with E-state index in [1.807, 2.05) is 67.6 Å². The molecule has 8 nitrogen and oxygen atoms in total. The Balaban J connectivity index is 0.995. The summed E-state index contributed by atoms with van der Waals surface area (Å²) in [5.41, 5.74) is 6.08. The van der Waals surface area contributed by atoms with Crippen molar-refractivity contribution in [1.29, 1.82) is 0 Å². The number of ether oxygens (including phenoxy) is 2. The third kappa shape index (κ3) is 7.53. The van der Waals surface area contributed by atoms with E-state index < -0.39 is 0 Å². The van der Waals surface area contributed by atoms with Gasteiger partial charge in [0.15, 0.2) is 0 Å². The molecule has 9 heteroatoms. The SMILES string of the molecule is Cc1ccc(COc2cccc(C3CCN(Cc4nc5cc(NC(=O)Cc6ccccc6)ccc5n4CC4CCO4)CC3)n2)c(F)c1. The molecule has 2 aliphatic heterocycles. The third-order valence-electron chi connectivity index (χ3n) is 9.20. The molecule has 0 aliphatic carbocycles. The third-order valence-corrected chi connectivity index (χ3v) is 9.20. The number of halogens is 1. The number of rotatable bonds is 11. The Morgan fingerprint density at radius 3 is 2.57 bits per heavy atom. The Morgan fingerprint density at radius 1 is 0.979 bits per heavy atom. The van der Waals surface area contributed by atoms with Gasteiger partial charge >= 0.3 is 0 Å². The predicted octanol–water partition coefficient (Wildman–Crippen LogP) is 6.81. The molecule has 0 saturated carbocycles. The summed E-state index contributed by atoms with van der Waals surface area (Å²) in [6, 6.07) is 26.8. The molecule has 1 atom stereocenters. The molecule has 0 bridgehead atoms. The molecule has 2 aliphatic rings. The van der Waals surface area contributed by atoms with Crippen molar-refractivity contribution in [2.24, 2.45) is 0 Å². The van der Waals surface area contributed by atoms with Crippen LogP contribution in [0.2, 0.25) is 0 Å². The minimum Gasteiger partial charge on any atom is -0.473 e. The van der Waals surface area contributed by atoms with Crippen molar-refractivity contribution in [2.75, 3.05) is 25.0 Å². The van der Waals surface area contributed by atoms with Crippen LogP contribution < -0.4 is 10.1 Å². The smallest absolute Gasteiger partial charge is 0.228 e. The number of carbonyl (C=O) groups is 1. The molecule has 1 amide bonds. The lowest BCUT2D eigenvalue weighted by Gasteiger charge is -2.32. The summed E-state index contributed by atoms with van der Waals surface area (Å²) in [4.78, 5) is 25.0. The first-order chi connectivity index (χ1) is 23.0. The summed E-state index contributed by atoms with van der Waals surface area (Å²) in [6.07, 6.45) is 3.53. The number of hydrogen-bond donors (Lipinski definition) is 1. The molecule has 0 spiro atoms. The van der Waals surface area contributed by atoms with Crippen LogP contribution >= 0.6 is 0 Å². The van der Waals surface area contributed by atoms with Gasteiger partial charge in [0.1, 0.15) is 18.2 Å². The van der Waals surface area contributed by atoms with Crippen molar-refractivity contribution in [3.8, 4) is 5.88 Å². The maximum atomic E-state index is 14.3. The number of piperidine rings is 1. The van der Waals surface area contributed by atoms with Gasteiger partial charge in [0.05, 0.1) is 36.6 Å². The van der Waals surface area contributed by atoms with E-state index in [1.54, 1.807) is 6.07 Å². The second-order valence-electron chi connectivity index (χ2n) is 12.7. The molecular weight excluding hydrogens is 593 g/mol. The van der Waals surface area contributed by atoms with Crippen molar-refractivity contribution in [3.63, 3.8) is 0 Å². The molecule has 3 aromatic carbocycles. The predicted molar refractivity (Wildman–Crippen MR) is 180 cm³/mol. The molecule has 1 unspecified atom stereocenters. The van der Waals surface area contributed by atoms with Crippen molar-refractivity contribution in [3.05, 3.63) is 119 Å². The Morgan fingerprint density at radius 2 is 1.81 bits per heavy atom. The second kappa shape index (κ2) is 14.0. The van der Waals surface area contributed by atoms with Crippen molar-refractivity contribution < 1.29 is 18.7 Å². The van der Waals surface area contributed by atoms with Gasteiger partial charge in [-0.3, -0.25) is 9.69 Å². The molecule has 0 radical (unpaired) electrons. The van der Waals surface area contributed by atoms with Gasteiger partial charge in [-0.2, -0.15) is 0 Å². The maximum absolute atomic E-state index is 14.3. The van der Waals surface area contributed by atoms with E-state index in [1.165, 1.54) is 6.07 Å². The van der Waals surface area contributed by atoms with E-state index in [4.69, 9.17) is 19.4 Å². The maximum Gasteiger partial charge on any atom is 0.228 e. The zero-order valence-electron chi connectivity index (χ0n) is 26.7. The van der Waals surface area contributed by atoms with Crippen LogP contribution in [0.3, 0.4) is 0 Å². The first-order valence-electron chi connectivity index (χ1n) is 16.5. The molecule has 1 N–H and O–H groups in total. The first-order valence-corrected chi connectivity index (χ1v) is 16.5. The molecule has 4 heterocycles. The Bertz CT molecular complexity index is 1850. The van der Waals surface area contributed by atoms with Gasteiger partial charge < -0.3 is 19.4 Å². The van der Waals surface area contributed by atoms with Gasteiger partial charge in [-0.05, 0) is 80.7 Å². The van der Waals surface area contributed by atoms with Gasteiger partial charge in [-0.1, -0.05) is 48.5 Å². The van der Waals surface area contributed by atoms with E-state index >= 15 is 0 Å². The number of aromatic nitrogens is 3. The number of aryl methyl sites for hydroxylation is 1. The molecule has 47 heavy (non-hydrogen) atoms. The van der Waals surface area contributed by atoms with Crippen LogP contribution in [-0.4, -0.2) is 51.1 Å². The van der Waals surface area contributed by atoms with Crippen LogP contribution in [0.25, 0.3) is 11.0 Å². The van der Waals surface area contributed by atoms with Gasteiger partial charge in [0.25, 0.3) is 0 Å². The molecule has 242 valence electrons. The lowest BCUT2D eigenvalue weighted by atomic mass is 9.93. The van der Waals surface area contributed by atoms with Crippen molar-refractivity contribution >= 4 is 22.6 Å². The fourth-order valence-electron chi connectivity index (χ4n) is 6.45. The highest BCUT2D eigenvalue weighted by atomic mass is 19.1. The van der Waals surface area contributed by atoms with Crippen LogP contribution in [0.5, 0.6) is 5.88 Å². The average Bonchev–Trinajstić information content (AvgIpc) is 3.38. The van der Waals surface area contributed by atoms with Crippen LogP contribution in [0.4, 0.5) is 10.1 Å². The summed E-state index contributed by atoms with van der Waals surface area (Å²) in [7, 11) is 0. The fraction of sp³-hybridized carbons (Fsp3) is 0.342. The largest absolute Gasteiger partial charge is 0.473 e. The van der Waals surface area contributed by atoms with Gasteiger partial charge in [0, 0.05) is 35.5 Å². The number of nitrogens with one attached hydrogen (secondary N) is 1. The highest BCUT2D eigenvalue weighted by Crippen LogP contribution is 2.30. The minimum atomic E-state index is -0.256. The lowest BCUT2D eigenvalue weighted by molar-refractivity contribution is -0.115. The molecule has 2 saturated heterocycles. The standard InChI is InChI=1S/C38H40FN5O3/c1-26-10-11-29(32(39)20-26)25-47-38-9-5-8-33(42-38)28-14-17-43(18-15-28)24-36-41-34-22-30(40-37(45)21-27-6-3-2-4-7-27)12-13-35(34)44(36)23-31-16-19-46-31/h2-13,20,22,28,31H,14-19,21,23-25H2,1H3,(H,40,45). The fourth-order valence-corrected chi connectivity index (χ4v) is 6.45. The topological polar surface area (TPSA) is 81.5 Å². The number of nitrogens with zero attached hydrogens (tertiary/aromatic N) is 4. The van der Waals surface area contributed by atoms with E-state index in [9.17, 15) is 9.18 Å². The zero-order valence-corrected chi connectivity index (χ0v) is 26.7. The van der Waals surface area contributed by atoms with Crippen LogP contribution in [-0.2, 0) is 35.6 Å². The number of likely N-dealkylation sites (tertiary alicyclic amines) is 1. The van der Waals surface area contributed by atoms with E-state index in [2.05, 4.69) is 26.9 Å². The summed E-state index contributed by atoms with van der Waals surface area (Å²) in [6.45, 7) is 6.19. The number of pyridine rings is 1. The van der Waals surface area contributed by atoms with Gasteiger partial charge in [-0.15, -0.1) is 0 Å². The number of fused-ring (bicyclic) bond motifs is 1. The number of hydrogen-bond acceptors (Lipinski definition) is 6. The quantitative estimate of drug-likeness (QED) is 0.172. The minimum absolute atomic E-state index is 0.0484. The van der Waals surface area contributed by atoms with E-state index in [0.717, 1.165) is 91.4 Å². The van der Waals surface area contributed by atoms with Crippen LogP contribution in [0.1, 0.15) is 53.4 Å². The van der Waals surface area contributed by atoms with Gasteiger partial charge in [-0.25, -0.2) is 14.4 Å². The van der Waals surface area contributed by atoms with Crippen molar-refractivity contribution in [2.45, 2.75) is 64.3 Å². The van der Waals surface area contributed by atoms with E-state index in [0.29, 0.717) is 23.8 Å². The van der Waals surface area contributed by atoms with Crippen molar-refractivity contribution in [1.82, 2.24) is 19.4 Å². The number of anilines is 1. The highest BCUT2D eigenvalue weighted by Gasteiger charge is 2.26. The number of amides is 1. The number of benzene rings is 3. The average molecular weight is 634 g/mol. The second-order valence-corrected chi connectivity index (χ2v) is 12.7. The highest BCUT2D eigenvalue weighted by molar-refractivity contribution is 5.94. The molecular formula is C38H40FN5O3. The number of carbonyl (C=O) groups excluding carboxylic acids is 1. The van der Waals surface area contributed by atoms with Gasteiger partial charge in [0.2, 0.25) is 11.8 Å². The Hall–Kier alpha value is -4.60. The van der Waals surface area contributed by atoms with E-state index in [-0.39, 0.29) is 24.4 Å². The molecule has 5 aromatic rings. The monoisotopic (exact) mass is 633 g/mol. The summed E-state index contributed by atoms with van der Waals surface area (Å²) >= 11 is 0. The zero-order chi connectivity index (χ0) is 32.2.